The van der Waals surface area contributed by atoms with Gasteiger partial charge in [0.05, 0.1) is 0 Å². The number of carbonyl (C=O) groups is 1. The molecule has 0 saturated heterocycles. The van der Waals surface area contributed by atoms with E-state index in [-0.39, 0.29) is 5.41 Å². The summed E-state index contributed by atoms with van der Waals surface area (Å²) in [6.07, 6.45) is 9.04. The van der Waals surface area contributed by atoms with Gasteiger partial charge in [-0.2, -0.15) is 0 Å². The summed E-state index contributed by atoms with van der Waals surface area (Å²) >= 11 is 0. The molecule has 58 valence electrons. The number of hydrogen-bond donors (Lipinski definition) is 0. The summed E-state index contributed by atoms with van der Waals surface area (Å²) in [7, 11) is 0. The molecule has 0 aliphatic heterocycles. The molecule has 2 saturated carbocycles. The van der Waals surface area contributed by atoms with Gasteiger partial charge in [-0.1, -0.05) is 6.08 Å². The van der Waals surface area contributed by atoms with Gasteiger partial charge >= 0.3 is 0 Å². The maximum absolute atomic E-state index is 11.6. The lowest BCUT2D eigenvalue weighted by molar-refractivity contribution is -0.132. The van der Waals surface area contributed by atoms with Crippen LogP contribution >= 0.6 is 0 Å². The van der Waals surface area contributed by atoms with Crippen molar-refractivity contribution in [3.8, 4) is 0 Å². The van der Waals surface area contributed by atoms with E-state index in [1.165, 1.54) is 25.7 Å². The SMILES string of the molecule is O=C1C=C[C@H]2CC[C@@H]3CC[C@@]132. The molecule has 11 heavy (non-hydrogen) atoms. The summed E-state index contributed by atoms with van der Waals surface area (Å²) in [6.45, 7) is 0. The Bertz CT molecular complexity index is 254. The van der Waals surface area contributed by atoms with E-state index in [9.17, 15) is 4.79 Å². The molecule has 0 aromatic heterocycles. The van der Waals surface area contributed by atoms with E-state index in [0.29, 0.717) is 11.7 Å². The Morgan fingerprint density at radius 1 is 1.36 bits per heavy atom. The topological polar surface area (TPSA) is 17.1 Å². The van der Waals surface area contributed by atoms with E-state index < -0.39 is 0 Å². The first-order valence-electron chi connectivity index (χ1n) is 4.57. The molecule has 1 spiro atoms. The van der Waals surface area contributed by atoms with Gasteiger partial charge in [0.15, 0.2) is 5.78 Å². The van der Waals surface area contributed by atoms with Crippen LogP contribution in [0.15, 0.2) is 12.2 Å². The van der Waals surface area contributed by atoms with Gasteiger partial charge in [0.2, 0.25) is 0 Å². The van der Waals surface area contributed by atoms with Gasteiger partial charge < -0.3 is 0 Å². The molecule has 0 bridgehead atoms. The minimum absolute atomic E-state index is 0.153. The summed E-state index contributed by atoms with van der Waals surface area (Å²) < 4.78 is 0. The third-order valence-corrected chi connectivity index (χ3v) is 4.06. The van der Waals surface area contributed by atoms with Gasteiger partial charge in [-0.3, -0.25) is 4.79 Å². The van der Waals surface area contributed by atoms with E-state index in [0.717, 1.165) is 5.92 Å². The van der Waals surface area contributed by atoms with Crippen molar-refractivity contribution in [3.05, 3.63) is 12.2 Å². The average molecular weight is 148 g/mol. The van der Waals surface area contributed by atoms with Crippen LogP contribution in [0.5, 0.6) is 0 Å². The maximum Gasteiger partial charge on any atom is 0.162 e. The summed E-state index contributed by atoms with van der Waals surface area (Å²) in [4.78, 5) is 11.6. The fraction of sp³-hybridized carbons (Fsp3) is 0.700. The Balaban J connectivity index is 2.09. The normalized spacial score (nSPS) is 52.2. The molecule has 0 amide bonds. The Labute approximate surface area is 66.5 Å². The molecule has 3 aliphatic rings. The van der Waals surface area contributed by atoms with Gasteiger partial charge in [0.25, 0.3) is 0 Å². The maximum atomic E-state index is 11.6. The second kappa shape index (κ2) is 1.60. The van der Waals surface area contributed by atoms with Crippen LogP contribution in [0.1, 0.15) is 25.7 Å². The number of ketones is 1. The highest BCUT2D eigenvalue weighted by Gasteiger charge is 2.60. The van der Waals surface area contributed by atoms with Crippen LogP contribution in [-0.2, 0) is 4.79 Å². The van der Waals surface area contributed by atoms with Gasteiger partial charge in [-0.05, 0) is 43.6 Å². The number of rotatable bonds is 0. The van der Waals surface area contributed by atoms with Crippen molar-refractivity contribution in [3.63, 3.8) is 0 Å². The van der Waals surface area contributed by atoms with Crippen molar-refractivity contribution in [2.75, 3.05) is 0 Å². The minimum Gasteiger partial charge on any atom is -0.294 e. The Morgan fingerprint density at radius 3 is 2.91 bits per heavy atom. The van der Waals surface area contributed by atoms with Crippen molar-refractivity contribution in [1.29, 1.82) is 0 Å². The number of carbonyl (C=O) groups excluding carboxylic acids is 1. The van der Waals surface area contributed by atoms with Crippen LogP contribution in [0.25, 0.3) is 0 Å². The average Bonchev–Trinajstić information content (AvgIpc) is 2.38. The molecule has 0 radical (unpaired) electrons. The third kappa shape index (κ3) is 0.463. The Hall–Kier alpha value is -0.590. The summed E-state index contributed by atoms with van der Waals surface area (Å²) in [5.41, 5.74) is 0.153. The van der Waals surface area contributed by atoms with Crippen molar-refractivity contribution >= 4 is 5.78 Å². The molecule has 0 aromatic carbocycles. The van der Waals surface area contributed by atoms with E-state index in [4.69, 9.17) is 0 Å². The van der Waals surface area contributed by atoms with Crippen LogP contribution in [0.2, 0.25) is 0 Å². The molecular formula is C10H12O. The number of hydrogen-bond acceptors (Lipinski definition) is 1. The van der Waals surface area contributed by atoms with Crippen molar-refractivity contribution in [1.82, 2.24) is 0 Å². The van der Waals surface area contributed by atoms with Gasteiger partial charge in [0.1, 0.15) is 0 Å². The summed E-state index contributed by atoms with van der Waals surface area (Å²) in [5.74, 6) is 1.83. The van der Waals surface area contributed by atoms with Crippen molar-refractivity contribution in [2.45, 2.75) is 25.7 Å². The highest BCUT2D eigenvalue weighted by atomic mass is 16.1. The standard InChI is InChI=1S/C10H12O/c11-9-4-3-7-1-2-8-5-6-10(7,8)9/h3-4,7-8H,1-2,5-6H2/t7-,8-,10+/m1/s1. The fourth-order valence-corrected chi connectivity index (χ4v) is 3.32. The zero-order chi connectivity index (χ0) is 7.47. The molecule has 2 fully saturated rings. The Kier molecular flexibility index (Phi) is 0.869. The van der Waals surface area contributed by atoms with Crippen LogP contribution < -0.4 is 0 Å². The molecule has 0 heterocycles. The number of allylic oxidation sites excluding steroid dienone is 2. The smallest absolute Gasteiger partial charge is 0.162 e. The molecule has 3 rings (SSSR count). The summed E-state index contributed by atoms with van der Waals surface area (Å²) in [6, 6.07) is 0. The predicted octanol–water partition coefficient (Wildman–Crippen LogP) is 1.93. The molecule has 0 N–H and O–H groups in total. The van der Waals surface area contributed by atoms with Gasteiger partial charge in [-0.15, -0.1) is 0 Å². The largest absolute Gasteiger partial charge is 0.294 e. The predicted molar refractivity (Wildman–Crippen MR) is 42.0 cm³/mol. The summed E-state index contributed by atoms with van der Waals surface area (Å²) in [5, 5.41) is 0. The molecule has 3 atom stereocenters. The zero-order valence-corrected chi connectivity index (χ0v) is 6.55. The first-order valence-corrected chi connectivity index (χ1v) is 4.57. The van der Waals surface area contributed by atoms with Crippen molar-refractivity contribution in [2.24, 2.45) is 17.3 Å². The van der Waals surface area contributed by atoms with E-state index >= 15 is 0 Å². The first-order chi connectivity index (χ1) is 5.34. The van der Waals surface area contributed by atoms with Crippen LogP contribution in [0.4, 0.5) is 0 Å². The highest BCUT2D eigenvalue weighted by molar-refractivity contribution is 5.99. The zero-order valence-electron chi connectivity index (χ0n) is 6.55. The second-order valence-electron chi connectivity index (χ2n) is 4.18. The molecule has 0 aromatic rings. The molecule has 1 heteroatoms. The van der Waals surface area contributed by atoms with E-state index in [1.807, 2.05) is 6.08 Å². The fourth-order valence-electron chi connectivity index (χ4n) is 3.32. The lowest BCUT2D eigenvalue weighted by Crippen LogP contribution is -2.43. The van der Waals surface area contributed by atoms with Crippen LogP contribution in [-0.4, -0.2) is 5.78 Å². The molecule has 0 unspecified atom stereocenters. The quantitative estimate of drug-likeness (QED) is 0.513. The molecule has 1 nitrogen and oxygen atoms in total. The highest BCUT2D eigenvalue weighted by Crippen LogP contribution is 2.63. The monoisotopic (exact) mass is 148 g/mol. The van der Waals surface area contributed by atoms with Crippen LogP contribution in [0.3, 0.4) is 0 Å². The van der Waals surface area contributed by atoms with Crippen LogP contribution in [0, 0.1) is 17.3 Å². The minimum atomic E-state index is 0.153. The lowest BCUT2D eigenvalue weighted by Gasteiger charge is -2.43. The first kappa shape index (κ1) is 5.99. The molecular weight excluding hydrogens is 136 g/mol. The van der Waals surface area contributed by atoms with E-state index in [2.05, 4.69) is 6.08 Å². The van der Waals surface area contributed by atoms with Crippen molar-refractivity contribution < 1.29 is 4.79 Å². The second-order valence-corrected chi connectivity index (χ2v) is 4.18. The van der Waals surface area contributed by atoms with Gasteiger partial charge in [-0.25, -0.2) is 0 Å². The van der Waals surface area contributed by atoms with Gasteiger partial charge in [0, 0.05) is 5.41 Å². The molecule has 3 aliphatic carbocycles. The Morgan fingerprint density at radius 2 is 2.27 bits per heavy atom. The third-order valence-electron chi connectivity index (χ3n) is 4.06. The lowest BCUT2D eigenvalue weighted by atomic mass is 9.58. The van der Waals surface area contributed by atoms with E-state index in [1.54, 1.807) is 0 Å².